The van der Waals surface area contributed by atoms with Gasteiger partial charge in [0, 0.05) is 0 Å². The number of rotatable bonds is 4. The van der Waals surface area contributed by atoms with Gasteiger partial charge in [0.05, 0.1) is 0 Å². The molecule has 0 fully saturated rings. The van der Waals surface area contributed by atoms with Crippen LogP contribution in [0, 0.1) is 5.41 Å². The molecule has 56 valence electrons. The average Bonchev–Trinajstić information content (AvgIpc) is 1.64. The van der Waals surface area contributed by atoms with Crippen LogP contribution in [0.3, 0.4) is 0 Å². The first-order chi connectivity index (χ1) is 4.12. The van der Waals surface area contributed by atoms with Crippen molar-refractivity contribution in [3.05, 3.63) is 0 Å². The van der Waals surface area contributed by atoms with E-state index in [0.717, 1.165) is 19.5 Å². The Morgan fingerprint density at radius 2 is 2.00 bits per heavy atom. The van der Waals surface area contributed by atoms with E-state index in [1.54, 1.807) is 0 Å². The molecular weight excluding hydrogens is 112 g/mol. The Labute approximate surface area is 57.8 Å². The van der Waals surface area contributed by atoms with Crippen LogP contribution in [0.15, 0.2) is 0 Å². The molecule has 0 aromatic rings. The Morgan fingerprint density at radius 1 is 1.44 bits per heavy atom. The van der Waals surface area contributed by atoms with Gasteiger partial charge in [0.15, 0.2) is 0 Å². The third kappa shape index (κ3) is 4.43. The normalized spacial score (nSPS) is 12.0. The minimum Gasteiger partial charge on any atom is -0.330 e. The predicted octanol–water partition coefficient (Wildman–Crippen LogP) is 0.581. The summed E-state index contributed by atoms with van der Waals surface area (Å²) in [5.74, 6) is 0. The number of nitrogens with one attached hydrogen (secondary N) is 1. The Hall–Kier alpha value is -0.0800. The lowest BCUT2D eigenvalue weighted by Crippen LogP contribution is -2.28. The van der Waals surface area contributed by atoms with Crippen LogP contribution in [0.25, 0.3) is 0 Å². The molecule has 9 heavy (non-hydrogen) atoms. The molecule has 0 aromatic heterocycles. The summed E-state index contributed by atoms with van der Waals surface area (Å²) in [6.07, 6.45) is 1.09. The van der Waals surface area contributed by atoms with E-state index in [1.807, 2.05) is 7.05 Å². The van der Waals surface area contributed by atoms with Crippen molar-refractivity contribution < 1.29 is 0 Å². The third-order valence-corrected chi connectivity index (χ3v) is 1.48. The average molecular weight is 130 g/mol. The van der Waals surface area contributed by atoms with Gasteiger partial charge in [-0.2, -0.15) is 0 Å². The first-order valence-electron chi connectivity index (χ1n) is 3.47. The highest BCUT2D eigenvalue weighted by Gasteiger charge is 2.14. The van der Waals surface area contributed by atoms with E-state index in [4.69, 9.17) is 5.73 Å². The first kappa shape index (κ1) is 8.92. The van der Waals surface area contributed by atoms with Gasteiger partial charge in [0.1, 0.15) is 0 Å². The van der Waals surface area contributed by atoms with Crippen molar-refractivity contribution >= 4 is 0 Å². The molecule has 0 rings (SSSR count). The van der Waals surface area contributed by atoms with Gasteiger partial charge in [-0.1, -0.05) is 13.8 Å². The van der Waals surface area contributed by atoms with E-state index in [2.05, 4.69) is 19.2 Å². The fourth-order valence-corrected chi connectivity index (χ4v) is 0.958. The molecule has 0 spiro atoms. The molecule has 0 bridgehead atoms. The largest absolute Gasteiger partial charge is 0.330 e. The molecule has 0 heterocycles. The second-order valence-corrected chi connectivity index (χ2v) is 3.23. The predicted molar refractivity (Wildman–Crippen MR) is 41.4 cm³/mol. The Balaban J connectivity index is 3.43. The van der Waals surface area contributed by atoms with Crippen LogP contribution < -0.4 is 11.1 Å². The van der Waals surface area contributed by atoms with E-state index in [1.165, 1.54) is 0 Å². The highest BCUT2D eigenvalue weighted by atomic mass is 14.8. The summed E-state index contributed by atoms with van der Waals surface area (Å²) < 4.78 is 0. The van der Waals surface area contributed by atoms with E-state index in [9.17, 15) is 0 Å². The maximum Gasteiger partial charge on any atom is -0.00000130 e. The molecule has 3 N–H and O–H groups in total. The van der Waals surface area contributed by atoms with Crippen LogP contribution in [0.1, 0.15) is 20.3 Å². The summed E-state index contributed by atoms with van der Waals surface area (Å²) in [7, 11) is 1.97. The zero-order valence-corrected chi connectivity index (χ0v) is 6.70. The van der Waals surface area contributed by atoms with Gasteiger partial charge >= 0.3 is 0 Å². The molecule has 0 aliphatic rings. The molecule has 0 radical (unpaired) electrons. The van der Waals surface area contributed by atoms with Crippen molar-refractivity contribution in [1.82, 2.24) is 5.32 Å². The molecule has 0 aliphatic carbocycles. The molecule has 0 amide bonds. The monoisotopic (exact) mass is 130 g/mol. The summed E-state index contributed by atoms with van der Waals surface area (Å²) >= 11 is 0. The van der Waals surface area contributed by atoms with Gasteiger partial charge in [0.25, 0.3) is 0 Å². The summed E-state index contributed by atoms with van der Waals surface area (Å²) in [4.78, 5) is 0. The topological polar surface area (TPSA) is 38.0 Å². The summed E-state index contributed by atoms with van der Waals surface area (Å²) in [6, 6.07) is 0. The van der Waals surface area contributed by atoms with Crippen molar-refractivity contribution in [1.29, 1.82) is 0 Å². The van der Waals surface area contributed by atoms with Crippen molar-refractivity contribution in [2.24, 2.45) is 11.1 Å². The van der Waals surface area contributed by atoms with Crippen molar-refractivity contribution in [2.75, 3.05) is 20.1 Å². The SMILES string of the molecule is CNCC(C)(C)CCN. The number of nitrogens with two attached hydrogens (primary N) is 1. The maximum absolute atomic E-state index is 5.42. The minimum absolute atomic E-state index is 0.365. The zero-order valence-electron chi connectivity index (χ0n) is 6.70. The Morgan fingerprint density at radius 3 is 2.33 bits per heavy atom. The molecular formula is C7H18N2. The molecule has 0 unspecified atom stereocenters. The van der Waals surface area contributed by atoms with Gasteiger partial charge < -0.3 is 11.1 Å². The van der Waals surface area contributed by atoms with Gasteiger partial charge in [-0.15, -0.1) is 0 Å². The highest BCUT2D eigenvalue weighted by molar-refractivity contribution is 4.70. The minimum atomic E-state index is 0.365. The van der Waals surface area contributed by atoms with E-state index >= 15 is 0 Å². The van der Waals surface area contributed by atoms with Crippen LogP contribution in [0.4, 0.5) is 0 Å². The fraction of sp³-hybridized carbons (Fsp3) is 1.00. The van der Waals surface area contributed by atoms with Crippen LogP contribution >= 0.6 is 0 Å². The third-order valence-electron chi connectivity index (χ3n) is 1.48. The van der Waals surface area contributed by atoms with E-state index < -0.39 is 0 Å². The van der Waals surface area contributed by atoms with Crippen LogP contribution in [-0.2, 0) is 0 Å². The van der Waals surface area contributed by atoms with Gasteiger partial charge in [-0.3, -0.25) is 0 Å². The summed E-state index contributed by atoms with van der Waals surface area (Å²) in [6.45, 7) is 6.27. The molecule has 0 aliphatic heterocycles. The molecule has 2 nitrogen and oxygen atoms in total. The molecule has 0 saturated carbocycles. The van der Waals surface area contributed by atoms with Gasteiger partial charge in [0.2, 0.25) is 0 Å². The lowest BCUT2D eigenvalue weighted by molar-refractivity contribution is 0.330. The molecule has 0 atom stereocenters. The van der Waals surface area contributed by atoms with Crippen LogP contribution in [-0.4, -0.2) is 20.1 Å². The summed E-state index contributed by atoms with van der Waals surface area (Å²) in [5, 5.41) is 3.14. The maximum atomic E-state index is 5.42. The van der Waals surface area contributed by atoms with E-state index in [-0.39, 0.29) is 0 Å². The van der Waals surface area contributed by atoms with Crippen LogP contribution in [0.2, 0.25) is 0 Å². The van der Waals surface area contributed by atoms with Gasteiger partial charge in [-0.05, 0) is 32.0 Å². The Kier molecular flexibility index (Phi) is 3.82. The molecule has 0 aromatic carbocycles. The number of hydrogen-bond donors (Lipinski definition) is 2. The standard InChI is InChI=1S/C7H18N2/c1-7(2,4-5-8)6-9-3/h9H,4-6,8H2,1-3H3. The molecule has 2 heteroatoms. The van der Waals surface area contributed by atoms with E-state index in [0.29, 0.717) is 5.41 Å². The smallest absolute Gasteiger partial charge is 0.00000130 e. The molecule has 0 saturated heterocycles. The quantitative estimate of drug-likeness (QED) is 0.584. The second-order valence-electron chi connectivity index (χ2n) is 3.23. The van der Waals surface area contributed by atoms with Crippen molar-refractivity contribution in [2.45, 2.75) is 20.3 Å². The van der Waals surface area contributed by atoms with Crippen LogP contribution in [0.5, 0.6) is 0 Å². The Bertz CT molecular complexity index is 61.3. The van der Waals surface area contributed by atoms with Crippen molar-refractivity contribution in [3.8, 4) is 0 Å². The lowest BCUT2D eigenvalue weighted by Gasteiger charge is -2.22. The lowest BCUT2D eigenvalue weighted by atomic mass is 9.89. The fourth-order valence-electron chi connectivity index (χ4n) is 0.958. The first-order valence-corrected chi connectivity index (χ1v) is 3.47. The zero-order chi connectivity index (χ0) is 7.33. The van der Waals surface area contributed by atoms with Crippen molar-refractivity contribution in [3.63, 3.8) is 0 Å². The van der Waals surface area contributed by atoms with Gasteiger partial charge in [-0.25, -0.2) is 0 Å². The number of hydrogen-bond acceptors (Lipinski definition) is 2. The summed E-state index contributed by atoms with van der Waals surface area (Å²) in [5.41, 5.74) is 5.78. The highest BCUT2D eigenvalue weighted by Crippen LogP contribution is 2.16. The second kappa shape index (κ2) is 3.85.